The number of hydrogen-bond acceptors (Lipinski definition) is 6. The first-order chi connectivity index (χ1) is 8.29. The number of carbonyl (C=O) groups is 1. The third kappa shape index (κ3) is 3.18. The molecule has 2 rings (SSSR count). The zero-order valence-corrected chi connectivity index (χ0v) is 9.68. The summed E-state index contributed by atoms with van der Waals surface area (Å²) in [5.74, 6) is 0.451. The van der Waals surface area contributed by atoms with Crippen LogP contribution in [0.1, 0.15) is 12.2 Å². The minimum absolute atomic E-state index is 0.0198. The average molecular weight is 253 g/mol. The van der Waals surface area contributed by atoms with E-state index in [1.54, 1.807) is 12.1 Å². The summed E-state index contributed by atoms with van der Waals surface area (Å²) < 4.78 is 5.03. The molecule has 0 bridgehead atoms. The van der Waals surface area contributed by atoms with Crippen LogP contribution in [0.25, 0.3) is 0 Å². The molecule has 1 saturated heterocycles. The highest BCUT2D eigenvalue weighted by molar-refractivity contribution is 8.15. The second-order valence-corrected chi connectivity index (χ2v) is 4.46. The Kier molecular flexibility index (Phi) is 3.94. The molecule has 0 saturated carbocycles. The first-order valence-corrected chi connectivity index (χ1v) is 5.90. The van der Waals surface area contributed by atoms with Gasteiger partial charge < -0.3 is 14.8 Å². The van der Waals surface area contributed by atoms with Gasteiger partial charge in [-0.2, -0.15) is 5.10 Å². The number of hydrogen-bond donors (Lipinski definition) is 2. The second-order valence-electron chi connectivity index (χ2n) is 3.27. The first kappa shape index (κ1) is 11.9. The molecule has 1 aliphatic rings. The van der Waals surface area contributed by atoms with E-state index in [2.05, 4.69) is 15.5 Å². The first-order valence-electron chi connectivity index (χ1n) is 5.02. The quantitative estimate of drug-likeness (QED) is 0.607. The fraction of sp³-hybridized carbons (Fsp3) is 0.300. The van der Waals surface area contributed by atoms with Crippen molar-refractivity contribution in [3.63, 3.8) is 0 Å². The van der Waals surface area contributed by atoms with E-state index in [9.17, 15) is 4.79 Å². The Hall–Kier alpha value is -1.60. The molecular formula is C10H11N3O3S. The molecule has 1 aliphatic heterocycles. The third-order valence-electron chi connectivity index (χ3n) is 2.04. The van der Waals surface area contributed by atoms with Crippen molar-refractivity contribution < 1.29 is 14.3 Å². The molecule has 6 nitrogen and oxygen atoms in total. The molecule has 7 heteroatoms. The van der Waals surface area contributed by atoms with Gasteiger partial charge in [0.1, 0.15) is 5.76 Å². The van der Waals surface area contributed by atoms with Gasteiger partial charge >= 0.3 is 0 Å². The largest absolute Gasteiger partial charge is 0.463 e. The SMILES string of the molecule is O=C1N/C(=N/N=C\c2ccco2)SC1CCO. The maximum Gasteiger partial charge on any atom is 0.239 e. The maximum absolute atomic E-state index is 11.4. The minimum atomic E-state index is -0.280. The van der Waals surface area contributed by atoms with Crippen LogP contribution in [-0.2, 0) is 4.79 Å². The number of amides is 1. The Morgan fingerprint density at radius 2 is 2.53 bits per heavy atom. The predicted octanol–water partition coefficient (Wildman–Crippen LogP) is 0.583. The molecule has 1 fully saturated rings. The molecule has 0 radical (unpaired) electrons. The van der Waals surface area contributed by atoms with Crippen molar-refractivity contribution in [2.45, 2.75) is 11.7 Å². The monoisotopic (exact) mass is 253 g/mol. The summed E-state index contributed by atoms with van der Waals surface area (Å²) in [4.78, 5) is 11.4. The Bertz CT molecular complexity index is 442. The Labute approximate surface area is 102 Å². The van der Waals surface area contributed by atoms with Gasteiger partial charge in [0.2, 0.25) is 5.91 Å². The van der Waals surface area contributed by atoms with Gasteiger partial charge in [-0.1, -0.05) is 11.8 Å². The summed E-state index contributed by atoms with van der Waals surface area (Å²) in [5.41, 5.74) is 0. The zero-order valence-electron chi connectivity index (χ0n) is 8.87. The van der Waals surface area contributed by atoms with E-state index in [4.69, 9.17) is 9.52 Å². The van der Waals surface area contributed by atoms with Crippen LogP contribution in [0.3, 0.4) is 0 Å². The number of thioether (sulfide) groups is 1. The van der Waals surface area contributed by atoms with E-state index >= 15 is 0 Å². The lowest BCUT2D eigenvalue weighted by molar-refractivity contribution is -0.119. The van der Waals surface area contributed by atoms with E-state index in [1.165, 1.54) is 24.2 Å². The molecule has 1 amide bonds. The molecule has 90 valence electrons. The van der Waals surface area contributed by atoms with Crippen LogP contribution >= 0.6 is 11.8 Å². The van der Waals surface area contributed by atoms with E-state index in [1.807, 2.05) is 0 Å². The minimum Gasteiger partial charge on any atom is -0.463 e. The Morgan fingerprint density at radius 1 is 1.65 bits per heavy atom. The van der Waals surface area contributed by atoms with Crippen LogP contribution in [0.15, 0.2) is 33.0 Å². The molecule has 0 spiro atoms. The lowest BCUT2D eigenvalue weighted by Crippen LogP contribution is -2.25. The molecule has 2 heterocycles. The van der Waals surface area contributed by atoms with E-state index in [0.29, 0.717) is 17.3 Å². The number of aliphatic hydroxyl groups excluding tert-OH is 1. The molecular weight excluding hydrogens is 242 g/mol. The van der Waals surface area contributed by atoms with E-state index in [-0.39, 0.29) is 17.8 Å². The van der Waals surface area contributed by atoms with Crippen molar-refractivity contribution in [3.8, 4) is 0 Å². The van der Waals surface area contributed by atoms with Gasteiger partial charge in [0.25, 0.3) is 0 Å². The van der Waals surface area contributed by atoms with Crippen LogP contribution in [-0.4, -0.2) is 34.3 Å². The number of carbonyl (C=O) groups excluding carboxylic acids is 1. The molecule has 2 N–H and O–H groups in total. The van der Waals surface area contributed by atoms with Crippen LogP contribution in [0.4, 0.5) is 0 Å². The van der Waals surface area contributed by atoms with Crippen molar-refractivity contribution >= 4 is 29.1 Å². The van der Waals surface area contributed by atoms with Gasteiger partial charge in [0.05, 0.1) is 17.7 Å². The van der Waals surface area contributed by atoms with Gasteiger partial charge in [-0.25, -0.2) is 0 Å². The van der Waals surface area contributed by atoms with E-state index in [0.717, 1.165) is 0 Å². The van der Waals surface area contributed by atoms with Crippen molar-refractivity contribution in [1.29, 1.82) is 0 Å². The summed E-state index contributed by atoms with van der Waals surface area (Å²) in [6.45, 7) is -0.0198. The molecule has 1 aromatic rings. The number of furan rings is 1. The average Bonchev–Trinajstić information content (AvgIpc) is 2.91. The molecule has 1 atom stereocenters. The van der Waals surface area contributed by atoms with Gasteiger partial charge in [-0.15, -0.1) is 5.10 Å². The lowest BCUT2D eigenvalue weighted by Gasteiger charge is -1.98. The smallest absolute Gasteiger partial charge is 0.239 e. The number of nitrogens with one attached hydrogen (secondary N) is 1. The van der Waals surface area contributed by atoms with Crippen molar-refractivity contribution in [1.82, 2.24) is 5.32 Å². The molecule has 0 aliphatic carbocycles. The summed E-state index contributed by atoms with van der Waals surface area (Å²) in [6, 6.07) is 3.50. The van der Waals surface area contributed by atoms with Crippen molar-refractivity contribution in [3.05, 3.63) is 24.2 Å². The van der Waals surface area contributed by atoms with Gasteiger partial charge in [0, 0.05) is 6.61 Å². The van der Waals surface area contributed by atoms with E-state index < -0.39 is 0 Å². The summed E-state index contributed by atoms with van der Waals surface area (Å²) in [6.07, 6.45) is 3.41. The Balaban J connectivity index is 1.93. The maximum atomic E-state index is 11.4. The topological polar surface area (TPSA) is 87.2 Å². The van der Waals surface area contributed by atoms with Crippen LogP contribution in [0.5, 0.6) is 0 Å². The molecule has 1 aromatic heterocycles. The van der Waals surface area contributed by atoms with Crippen LogP contribution in [0.2, 0.25) is 0 Å². The highest BCUT2D eigenvalue weighted by Gasteiger charge is 2.29. The predicted molar refractivity (Wildman–Crippen MR) is 65.0 cm³/mol. The fourth-order valence-corrected chi connectivity index (χ4v) is 2.17. The van der Waals surface area contributed by atoms with Gasteiger partial charge in [-0.05, 0) is 18.6 Å². The Morgan fingerprint density at radius 3 is 3.24 bits per heavy atom. The molecule has 0 aromatic carbocycles. The highest BCUT2D eigenvalue weighted by atomic mass is 32.2. The van der Waals surface area contributed by atoms with Crippen molar-refractivity contribution in [2.75, 3.05) is 6.61 Å². The van der Waals surface area contributed by atoms with Gasteiger partial charge in [-0.3, -0.25) is 4.79 Å². The highest BCUT2D eigenvalue weighted by Crippen LogP contribution is 2.21. The number of aliphatic hydroxyl groups is 1. The normalized spacial score (nSPS) is 22.5. The molecule has 17 heavy (non-hydrogen) atoms. The number of nitrogens with zero attached hydrogens (tertiary/aromatic N) is 2. The lowest BCUT2D eigenvalue weighted by atomic mass is 10.3. The van der Waals surface area contributed by atoms with Gasteiger partial charge in [0.15, 0.2) is 5.17 Å². The van der Waals surface area contributed by atoms with Crippen molar-refractivity contribution in [2.24, 2.45) is 10.2 Å². The third-order valence-corrected chi connectivity index (χ3v) is 3.19. The summed E-state index contributed by atoms with van der Waals surface area (Å²) >= 11 is 1.27. The second kappa shape index (κ2) is 5.65. The zero-order chi connectivity index (χ0) is 12.1. The molecule has 1 unspecified atom stereocenters. The van der Waals surface area contributed by atoms with Crippen LogP contribution in [0, 0.1) is 0 Å². The number of rotatable bonds is 4. The summed E-state index contributed by atoms with van der Waals surface area (Å²) in [5, 5.41) is 19.2. The standard InChI is InChI=1S/C10H11N3O3S/c14-4-3-8-9(15)12-10(17-8)13-11-6-7-2-1-5-16-7/h1-2,5-6,8,14H,3-4H2,(H,12,13,15)/b11-6-. The van der Waals surface area contributed by atoms with Crippen LogP contribution < -0.4 is 5.32 Å². The summed E-state index contributed by atoms with van der Waals surface area (Å²) in [7, 11) is 0. The number of amidine groups is 1. The fourth-order valence-electron chi connectivity index (χ4n) is 1.26.